The summed E-state index contributed by atoms with van der Waals surface area (Å²) in [6.45, 7) is -0.00214. The first-order chi connectivity index (χ1) is 14.8. The highest BCUT2D eigenvalue weighted by molar-refractivity contribution is 6.01. The normalized spacial score (nSPS) is 17.8. The summed E-state index contributed by atoms with van der Waals surface area (Å²) in [5, 5.41) is 21.6. The third kappa shape index (κ3) is 4.75. The molecule has 0 radical (unpaired) electrons. The van der Waals surface area contributed by atoms with Crippen molar-refractivity contribution >= 4 is 17.6 Å². The number of carbonyl (C=O) groups is 2. The van der Waals surface area contributed by atoms with E-state index in [1.807, 2.05) is 30.3 Å². The smallest absolute Gasteiger partial charge is 0.328 e. The molecule has 0 bridgehead atoms. The van der Waals surface area contributed by atoms with Crippen molar-refractivity contribution in [2.24, 2.45) is 0 Å². The summed E-state index contributed by atoms with van der Waals surface area (Å²) in [6, 6.07) is 10.5. The van der Waals surface area contributed by atoms with E-state index in [2.05, 4.69) is 0 Å². The van der Waals surface area contributed by atoms with Gasteiger partial charge in [0.2, 0.25) is 0 Å². The number of hydrogen-bond acceptors (Lipinski definition) is 8. The van der Waals surface area contributed by atoms with E-state index in [-0.39, 0.29) is 36.6 Å². The number of amides is 1. The van der Waals surface area contributed by atoms with Gasteiger partial charge in [-0.3, -0.25) is 14.9 Å². The van der Waals surface area contributed by atoms with Crippen molar-refractivity contribution in [3.63, 3.8) is 0 Å². The molecular weight excluding hydrogens is 408 g/mol. The number of β-amino-alcohol motifs (C(OH)–C–C–N with tert-alkyl or cyclic N) is 1. The summed E-state index contributed by atoms with van der Waals surface area (Å²) < 4.78 is 15.7. The standard InChI is InChI=1S/C21H22N2O8/c1-29-18-10-16(23(27)28)15(9-19(18)31-12-13-6-4-3-5-7-13)20(25)22-11-14(24)8-17(22)21(26)30-2/h3-7,9-10,14,17,24H,8,11-12H2,1-2H3/t14-,17+/m1/s1. The van der Waals surface area contributed by atoms with Crippen LogP contribution in [0.15, 0.2) is 42.5 Å². The molecular formula is C21H22N2O8. The van der Waals surface area contributed by atoms with Crippen LogP contribution in [-0.2, 0) is 16.1 Å². The lowest BCUT2D eigenvalue weighted by Crippen LogP contribution is -2.41. The molecule has 1 amide bonds. The number of aliphatic hydroxyl groups is 1. The highest BCUT2D eigenvalue weighted by Gasteiger charge is 2.42. The Balaban J connectivity index is 1.98. The highest BCUT2D eigenvalue weighted by Crippen LogP contribution is 2.37. The van der Waals surface area contributed by atoms with Crippen LogP contribution in [0, 0.1) is 10.1 Å². The number of nitro benzene ring substituents is 1. The minimum atomic E-state index is -1.04. The summed E-state index contributed by atoms with van der Waals surface area (Å²) in [7, 11) is 2.50. The van der Waals surface area contributed by atoms with Gasteiger partial charge in [0, 0.05) is 19.0 Å². The van der Waals surface area contributed by atoms with Gasteiger partial charge in [0.1, 0.15) is 18.2 Å². The average molecular weight is 430 g/mol. The minimum Gasteiger partial charge on any atom is -0.493 e. The lowest BCUT2D eigenvalue weighted by molar-refractivity contribution is -0.385. The Morgan fingerprint density at radius 3 is 2.52 bits per heavy atom. The second-order valence-electron chi connectivity index (χ2n) is 6.94. The molecule has 1 aliphatic heterocycles. The fourth-order valence-electron chi connectivity index (χ4n) is 3.43. The van der Waals surface area contributed by atoms with E-state index >= 15 is 0 Å². The molecule has 1 fully saturated rings. The molecule has 0 spiro atoms. The van der Waals surface area contributed by atoms with E-state index in [1.165, 1.54) is 20.3 Å². The lowest BCUT2D eigenvalue weighted by Gasteiger charge is -2.23. The number of rotatable bonds is 7. The topological polar surface area (TPSA) is 128 Å². The zero-order chi connectivity index (χ0) is 22.5. The SMILES string of the molecule is COC(=O)[C@@H]1C[C@@H](O)CN1C(=O)c1cc(OCc2ccccc2)c(OC)cc1[N+](=O)[O-]. The molecule has 0 saturated carbocycles. The number of nitrogens with zero attached hydrogens (tertiary/aromatic N) is 2. The number of ether oxygens (including phenoxy) is 3. The van der Waals surface area contributed by atoms with Gasteiger partial charge in [-0.25, -0.2) is 4.79 Å². The van der Waals surface area contributed by atoms with Gasteiger partial charge in [-0.2, -0.15) is 0 Å². The predicted molar refractivity (Wildman–Crippen MR) is 108 cm³/mol. The molecule has 2 aromatic carbocycles. The zero-order valence-electron chi connectivity index (χ0n) is 17.0. The summed E-state index contributed by atoms with van der Waals surface area (Å²) >= 11 is 0. The van der Waals surface area contributed by atoms with Crippen LogP contribution in [0.1, 0.15) is 22.3 Å². The van der Waals surface area contributed by atoms with E-state index < -0.39 is 34.6 Å². The lowest BCUT2D eigenvalue weighted by atomic mass is 10.1. The average Bonchev–Trinajstić information content (AvgIpc) is 3.18. The maximum Gasteiger partial charge on any atom is 0.328 e. The molecule has 10 heteroatoms. The fourth-order valence-corrected chi connectivity index (χ4v) is 3.43. The van der Waals surface area contributed by atoms with E-state index in [9.17, 15) is 24.8 Å². The van der Waals surface area contributed by atoms with Gasteiger partial charge >= 0.3 is 5.97 Å². The van der Waals surface area contributed by atoms with Crippen molar-refractivity contribution in [1.29, 1.82) is 0 Å². The van der Waals surface area contributed by atoms with Gasteiger partial charge in [0.05, 0.1) is 31.3 Å². The Kier molecular flexibility index (Phi) is 6.71. The number of methoxy groups -OCH3 is 2. The first-order valence-electron chi connectivity index (χ1n) is 9.45. The van der Waals surface area contributed by atoms with Crippen LogP contribution in [0.2, 0.25) is 0 Å². The van der Waals surface area contributed by atoms with E-state index in [0.717, 1.165) is 16.5 Å². The molecule has 0 unspecified atom stereocenters. The quantitative estimate of drug-likeness (QED) is 0.401. The van der Waals surface area contributed by atoms with Crippen molar-refractivity contribution in [3.8, 4) is 11.5 Å². The Morgan fingerprint density at radius 1 is 1.19 bits per heavy atom. The van der Waals surface area contributed by atoms with Gasteiger partial charge in [-0.05, 0) is 5.56 Å². The van der Waals surface area contributed by atoms with Crippen molar-refractivity contribution in [1.82, 2.24) is 4.90 Å². The summed E-state index contributed by atoms with van der Waals surface area (Å²) in [6.07, 6.45) is -0.959. The Bertz CT molecular complexity index is 979. The van der Waals surface area contributed by atoms with E-state index in [0.29, 0.717) is 0 Å². The van der Waals surface area contributed by atoms with Crippen LogP contribution in [0.25, 0.3) is 0 Å². The van der Waals surface area contributed by atoms with Gasteiger partial charge < -0.3 is 24.2 Å². The van der Waals surface area contributed by atoms with Gasteiger partial charge in [-0.1, -0.05) is 30.3 Å². The van der Waals surface area contributed by atoms with Crippen LogP contribution in [0.4, 0.5) is 5.69 Å². The Hall–Kier alpha value is -3.66. The number of nitro groups is 1. The molecule has 1 aliphatic rings. The number of benzene rings is 2. The van der Waals surface area contributed by atoms with Crippen molar-refractivity contribution < 1.29 is 33.8 Å². The van der Waals surface area contributed by atoms with Crippen LogP contribution in [0.3, 0.4) is 0 Å². The maximum absolute atomic E-state index is 13.2. The van der Waals surface area contributed by atoms with E-state index in [1.54, 1.807) is 0 Å². The van der Waals surface area contributed by atoms with Crippen LogP contribution >= 0.6 is 0 Å². The molecule has 10 nitrogen and oxygen atoms in total. The highest BCUT2D eigenvalue weighted by atomic mass is 16.6. The first-order valence-corrected chi connectivity index (χ1v) is 9.45. The monoisotopic (exact) mass is 430 g/mol. The van der Waals surface area contributed by atoms with Crippen molar-refractivity contribution in [2.75, 3.05) is 20.8 Å². The van der Waals surface area contributed by atoms with Crippen LogP contribution < -0.4 is 9.47 Å². The summed E-state index contributed by atoms with van der Waals surface area (Å²) in [5.74, 6) is -1.27. The van der Waals surface area contributed by atoms with Gasteiger partial charge in [0.15, 0.2) is 11.5 Å². The number of hydrogen-bond donors (Lipinski definition) is 1. The molecule has 0 aromatic heterocycles. The van der Waals surface area contributed by atoms with Crippen molar-refractivity contribution in [3.05, 3.63) is 63.7 Å². The second-order valence-corrected chi connectivity index (χ2v) is 6.94. The zero-order valence-corrected chi connectivity index (χ0v) is 17.0. The Labute approximate surface area is 178 Å². The van der Waals surface area contributed by atoms with Crippen LogP contribution in [-0.4, -0.2) is 59.7 Å². The molecule has 2 atom stereocenters. The van der Waals surface area contributed by atoms with Gasteiger partial charge in [0.25, 0.3) is 11.6 Å². The van der Waals surface area contributed by atoms with Crippen LogP contribution in [0.5, 0.6) is 11.5 Å². The third-order valence-corrected chi connectivity index (χ3v) is 4.96. The molecule has 164 valence electrons. The number of likely N-dealkylation sites (tertiary alicyclic amines) is 1. The largest absolute Gasteiger partial charge is 0.493 e. The second kappa shape index (κ2) is 9.43. The molecule has 31 heavy (non-hydrogen) atoms. The number of esters is 1. The molecule has 2 aromatic rings. The summed E-state index contributed by atoms with van der Waals surface area (Å²) in [5.41, 5.74) is 0.0694. The predicted octanol–water partition coefficient (Wildman–Crippen LogP) is 1.93. The van der Waals surface area contributed by atoms with Gasteiger partial charge in [-0.15, -0.1) is 0 Å². The summed E-state index contributed by atoms with van der Waals surface area (Å²) in [4.78, 5) is 37.2. The third-order valence-electron chi connectivity index (χ3n) is 4.96. The molecule has 3 rings (SSSR count). The molecule has 0 aliphatic carbocycles. The first kappa shape index (κ1) is 22.0. The minimum absolute atomic E-state index is 0.0142. The number of carbonyl (C=O) groups excluding carboxylic acids is 2. The Morgan fingerprint density at radius 2 is 1.90 bits per heavy atom. The molecule has 1 saturated heterocycles. The molecule has 1 heterocycles. The molecule has 1 N–H and O–H groups in total. The van der Waals surface area contributed by atoms with E-state index in [4.69, 9.17) is 14.2 Å². The van der Waals surface area contributed by atoms with Crippen molar-refractivity contribution in [2.45, 2.75) is 25.2 Å². The maximum atomic E-state index is 13.2. The fraction of sp³-hybridized carbons (Fsp3) is 0.333. The number of aliphatic hydroxyl groups excluding tert-OH is 1.